The molecule has 0 aliphatic heterocycles. The standard InChI is InChI=1S/C29H49N3O5S/c1-11-14-20(4)30-25(34)23(21-16-13-15-19(3)24(21)33)32(29(8,9)12-2)26(35)22(17-18-38-10)31-27(36)37-28(5,6)7/h13,15-16,20,22-23,33H,11-12,14,17-18H2,1-10H3,(H,30,34)(H,31,36). The lowest BCUT2D eigenvalue weighted by atomic mass is 9.90. The maximum absolute atomic E-state index is 14.4. The van der Waals surface area contributed by atoms with E-state index in [1.54, 1.807) is 57.7 Å². The van der Waals surface area contributed by atoms with Crippen molar-refractivity contribution < 1.29 is 24.2 Å². The van der Waals surface area contributed by atoms with Crippen molar-refractivity contribution in [2.24, 2.45) is 0 Å². The molecule has 3 unspecified atom stereocenters. The predicted molar refractivity (Wildman–Crippen MR) is 155 cm³/mol. The van der Waals surface area contributed by atoms with Gasteiger partial charge in [-0.05, 0) is 85.3 Å². The van der Waals surface area contributed by atoms with E-state index in [-0.39, 0.29) is 17.7 Å². The van der Waals surface area contributed by atoms with Gasteiger partial charge in [-0.1, -0.05) is 38.5 Å². The number of alkyl carbamates (subject to hydrolysis) is 1. The second kappa shape index (κ2) is 14.7. The second-order valence-electron chi connectivity index (χ2n) is 11.5. The number of rotatable bonds is 13. The van der Waals surface area contributed by atoms with E-state index in [0.29, 0.717) is 29.7 Å². The Kier molecular flexibility index (Phi) is 13.0. The van der Waals surface area contributed by atoms with Crippen LogP contribution >= 0.6 is 11.8 Å². The Balaban J connectivity index is 3.71. The van der Waals surface area contributed by atoms with Crippen molar-refractivity contribution in [2.75, 3.05) is 12.0 Å². The molecule has 0 spiro atoms. The molecular weight excluding hydrogens is 502 g/mol. The highest BCUT2D eigenvalue weighted by Gasteiger charge is 2.44. The zero-order valence-corrected chi connectivity index (χ0v) is 25.8. The summed E-state index contributed by atoms with van der Waals surface area (Å²) < 4.78 is 5.45. The van der Waals surface area contributed by atoms with Gasteiger partial charge < -0.3 is 25.4 Å². The van der Waals surface area contributed by atoms with E-state index in [0.717, 1.165) is 12.8 Å². The molecule has 3 N–H and O–H groups in total. The number of ether oxygens (including phenoxy) is 1. The number of carbonyl (C=O) groups excluding carboxylic acids is 3. The number of carbonyl (C=O) groups is 3. The third-order valence-electron chi connectivity index (χ3n) is 6.53. The Hall–Kier alpha value is -2.42. The smallest absolute Gasteiger partial charge is 0.408 e. The molecule has 0 radical (unpaired) electrons. The van der Waals surface area contributed by atoms with Gasteiger partial charge in [0.2, 0.25) is 11.8 Å². The number of thioether (sulfide) groups is 1. The van der Waals surface area contributed by atoms with Gasteiger partial charge in [0.05, 0.1) is 0 Å². The molecule has 0 aliphatic carbocycles. The van der Waals surface area contributed by atoms with Crippen LogP contribution in [0.3, 0.4) is 0 Å². The number of benzene rings is 1. The van der Waals surface area contributed by atoms with E-state index in [1.165, 1.54) is 4.90 Å². The highest BCUT2D eigenvalue weighted by molar-refractivity contribution is 7.98. The Bertz CT molecular complexity index is 945. The first-order chi connectivity index (χ1) is 17.6. The SMILES string of the molecule is CCCC(C)NC(=O)C(c1cccc(C)c1O)N(C(=O)C(CCSC)NC(=O)OC(C)(C)C)C(C)(C)CC. The molecule has 3 amide bonds. The van der Waals surface area contributed by atoms with Crippen LogP contribution in [0.15, 0.2) is 18.2 Å². The number of phenols is 1. The van der Waals surface area contributed by atoms with E-state index < -0.39 is 35.2 Å². The summed E-state index contributed by atoms with van der Waals surface area (Å²) in [5, 5.41) is 16.9. The highest BCUT2D eigenvalue weighted by Crippen LogP contribution is 2.37. The Morgan fingerprint density at radius 3 is 2.24 bits per heavy atom. The highest BCUT2D eigenvalue weighted by atomic mass is 32.2. The molecule has 9 heteroatoms. The van der Waals surface area contributed by atoms with Crippen molar-refractivity contribution >= 4 is 29.7 Å². The molecule has 8 nitrogen and oxygen atoms in total. The van der Waals surface area contributed by atoms with Gasteiger partial charge in [-0.3, -0.25) is 9.59 Å². The third kappa shape index (κ3) is 9.71. The van der Waals surface area contributed by atoms with Gasteiger partial charge in [-0.15, -0.1) is 0 Å². The molecule has 38 heavy (non-hydrogen) atoms. The minimum absolute atomic E-state index is 0.0266. The van der Waals surface area contributed by atoms with Crippen LogP contribution in [-0.2, 0) is 14.3 Å². The van der Waals surface area contributed by atoms with Gasteiger partial charge in [-0.2, -0.15) is 11.8 Å². The largest absolute Gasteiger partial charge is 0.507 e. The Labute approximate surface area is 233 Å². The molecule has 0 bridgehead atoms. The average molecular weight is 552 g/mol. The van der Waals surface area contributed by atoms with Crippen LogP contribution in [0.4, 0.5) is 4.79 Å². The lowest BCUT2D eigenvalue weighted by Gasteiger charge is -2.45. The molecule has 0 aromatic heterocycles. The predicted octanol–water partition coefficient (Wildman–Crippen LogP) is 5.71. The molecular formula is C29H49N3O5S. The first kappa shape index (κ1) is 33.6. The molecule has 1 aromatic rings. The van der Waals surface area contributed by atoms with Crippen molar-refractivity contribution in [2.45, 2.75) is 117 Å². The fourth-order valence-electron chi connectivity index (χ4n) is 4.18. The molecule has 0 saturated carbocycles. The van der Waals surface area contributed by atoms with Crippen LogP contribution in [0, 0.1) is 6.92 Å². The minimum atomic E-state index is -1.10. The van der Waals surface area contributed by atoms with Gasteiger partial charge in [0.15, 0.2) is 0 Å². The van der Waals surface area contributed by atoms with Crippen molar-refractivity contribution in [1.82, 2.24) is 15.5 Å². The molecule has 3 atom stereocenters. The maximum Gasteiger partial charge on any atom is 0.408 e. The van der Waals surface area contributed by atoms with Crippen LogP contribution in [0.1, 0.15) is 98.2 Å². The van der Waals surface area contributed by atoms with E-state index in [1.807, 2.05) is 40.9 Å². The first-order valence-corrected chi connectivity index (χ1v) is 14.9. The fraction of sp³-hybridized carbons (Fsp3) is 0.690. The van der Waals surface area contributed by atoms with Gasteiger partial charge in [0.25, 0.3) is 0 Å². The summed E-state index contributed by atoms with van der Waals surface area (Å²) >= 11 is 1.56. The molecule has 1 rings (SSSR count). The molecule has 0 heterocycles. The molecule has 0 aliphatic rings. The number of amides is 3. The summed E-state index contributed by atoms with van der Waals surface area (Å²) in [7, 11) is 0. The quantitative estimate of drug-likeness (QED) is 0.290. The summed E-state index contributed by atoms with van der Waals surface area (Å²) in [6.07, 6.45) is 3.81. The van der Waals surface area contributed by atoms with Crippen molar-refractivity contribution in [1.29, 1.82) is 0 Å². The summed E-state index contributed by atoms with van der Waals surface area (Å²) in [5.41, 5.74) is -0.558. The summed E-state index contributed by atoms with van der Waals surface area (Å²) in [6, 6.07) is 3.08. The van der Waals surface area contributed by atoms with E-state index in [9.17, 15) is 19.5 Å². The lowest BCUT2D eigenvalue weighted by molar-refractivity contribution is -0.149. The van der Waals surface area contributed by atoms with Crippen LogP contribution in [-0.4, -0.2) is 63.1 Å². The summed E-state index contributed by atoms with van der Waals surface area (Å²) in [4.78, 5) is 42.6. The number of nitrogens with one attached hydrogen (secondary N) is 2. The van der Waals surface area contributed by atoms with Gasteiger partial charge in [0.1, 0.15) is 23.4 Å². The summed E-state index contributed by atoms with van der Waals surface area (Å²) in [6.45, 7) is 16.7. The first-order valence-electron chi connectivity index (χ1n) is 13.5. The zero-order valence-electron chi connectivity index (χ0n) is 24.9. The molecule has 216 valence electrons. The minimum Gasteiger partial charge on any atom is -0.507 e. The van der Waals surface area contributed by atoms with Crippen molar-refractivity contribution in [3.63, 3.8) is 0 Å². The number of hydrogen-bond donors (Lipinski definition) is 3. The van der Waals surface area contributed by atoms with Crippen molar-refractivity contribution in [3.05, 3.63) is 29.3 Å². The lowest BCUT2D eigenvalue weighted by Crippen LogP contribution is -2.59. The van der Waals surface area contributed by atoms with Gasteiger partial charge in [0, 0.05) is 17.1 Å². The second-order valence-corrected chi connectivity index (χ2v) is 12.5. The van der Waals surface area contributed by atoms with Gasteiger partial charge in [-0.25, -0.2) is 4.79 Å². The topological polar surface area (TPSA) is 108 Å². The Morgan fingerprint density at radius 1 is 1.08 bits per heavy atom. The maximum atomic E-state index is 14.4. The fourth-order valence-corrected chi connectivity index (χ4v) is 4.65. The monoisotopic (exact) mass is 551 g/mol. The number of para-hydroxylation sites is 1. The van der Waals surface area contributed by atoms with Crippen LogP contribution < -0.4 is 10.6 Å². The van der Waals surface area contributed by atoms with E-state index in [2.05, 4.69) is 10.6 Å². The zero-order chi connectivity index (χ0) is 29.3. The van der Waals surface area contributed by atoms with Crippen LogP contribution in [0.25, 0.3) is 0 Å². The Morgan fingerprint density at radius 2 is 1.71 bits per heavy atom. The normalized spacial score (nSPS) is 14.3. The van der Waals surface area contributed by atoms with E-state index in [4.69, 9.17) is 4.74 Å². The molecule has 0 saturated heterocycles. The third-order valence-corrected chi connectivity index (χ3v) is 7.18. The van der Waals surface area contributed by atoms with Gasteiger partial charge >= 0.3 is 6.09 Å². The average Bonchev–Trinajstić information content (AvgIpc) is 2.80. The van der Waals surface area contributed by atoms with Crippen molar-refractivity contribution in [3.8, 4) is 5.75 Å². The molecule has 1 aromatic carbocycles. The van der Waals surface area contributed by atoms with Crippen LogP contribution in [0.5, 0.6) is 5.75 Å². The molecule has 0 fully saturated rings. The number of nitrogens with zero attached hydrogens (tertiary/aromatic N) is 1. The van der Waals surface area contributed by atoms with Crippen LogP contribution in [0.2, 0.25) is 0 Å². The number of phenolic OH excluding ortho intramolecular Hbond substituents is 1. The number of aryl methyl sites for hydroxylation is 1. The number of hydrogen-bond acceptors (Lipinski definition) is 6. The van der Waals surface area contributed by atoms with E-state index >= 15 is 0 Å². The number of aromatic hydroxyl groups is 1. The summed E-state index contributed by atoms with van der Waals surface area (Å²) in [5.74, 6) is -0.183.